The molecule has 0 bridgehead atoms. The summed E-state index contributed by atoms with van der Waals surface area (Å²) in [7, 11) is -1.74. The molecule has 5 aromatic rings. The summed E-state index contributed by atoms with van der Waals surface area (Å²) in [6, 6.07) is 42.3. The molecule has 1 saturated heterocycles. The molecule has 0 unspecified atom stereocenters. The molecule has 0 aromatic heterocycles. The first-order valence-electron chi connectivity index (χ1n) is 30.7. The number of aryl methyl sites for hydroxylation is 4. The van der Waals surface area contributed by atoms with Gasteiger partial charge >= 0.3 is 0 Å². The van der Waals surface area contributed by atoms with E-state index >= 15 is 0 Å². The standard InChI is InChI=1S/C39H52N2.C22H32NO2PS.C5H12.C2H4O.C2H6.CH4O.2CH2O.CH4.H2/c1-9-34-15-17-35(18-16-34)33(8)39(32(7)31(6)12-10-11-28(2)3)36-25-30(5)26-38(27-36)41-23-21-40(22-24-41)37-19-13-29(4)14-20-37;1-5-10-19(17-27-21-11-8-7-9-12-21)23-22-14-13-20(16-18(22)3)26(4,24)25-15-6-2;1-4-5(2)3;1-2-3;4*1-2;;/h13-20,25-28H,9-12,21-24H2,1-8H3;7-9,11-14,16,19,23H,5-6,10,15,17H2,1-4H3;5H,4H2,1-3H3;2H,1H3;1-2H3;2H,1H3;2*1H2;1H4;1H/b32-31-,39-33-;;;;;;;;;/t;19-,26-;;;;;;;;/m.1......../s1. The molecule has 85 heavy (non-hydrogen) atoms. The third kappa shape index (κ3) is 32.7. The minimum atomic E-state index is -2.74. The van der Waals surface area contributed by atoms with Gasteiger partial charge in [-0.25, -0.2) is 0 Å². The van der Waals surface area contributed by atoms with Gasteiger partial charge in [-0.1, -0.05) is 168 Å². The molecule has 0 radical (unpaired) electrons. The minimum absolute atomic E-state index is 0. The van der Waals surface area contributed by atoms with Crippen LogP contribution in [-0.2, 0) is 29.9 Å². The number of aldehydes is 1. The highest BCUT2D eigenvalue weighted by Crippen LogP contribution is 2.42. The smallest absolute Gasteiger partial charge is 0.229 e. The van der Waals surface area contributed by atoms with Gasteiger partial charge in [0.2, 0.25) is 7.37 Å². The number of carbonyl (C=O) groups is 3. The quantitative estimate of drug-likeness (QED) is 0.0228. The lowest BCUT2D eigenvalue weighted by molar-refractivity contribution is -0.106. The van der Waals surface area contributed by atoms with Crippen molar-refractivity contribution in [2.75, 3.05) is 67.4 Å². The second-order valence-corrected chi connectivity index (χ2v) is 25.1. The lowest BCUT2D eigenvalue weighted by atomic mass is 9.86. The number of aliphatic hydroxyl groups excluding tert-OH is 1. The van der Waals surface area contributed by atoms with Crippen LogP contribution < -0.4 is 20.4 Å². The van der Waals surface area contributed by atoms with Crippen molar-refractivity contribution in [3.05, 3.63) is 160 Å². The number of carbonyl (C=O) groups excluding carboxylic acids is 3. The van der Waals surface area contributed by atoms with Gasteiger partial charge in [-0.05, 0) is 192 Å². The minimum Gasteiger partial charge on any atom is -0.400 e. The molecule has 0 aliphatic carbocycles. The van der Waals surface area contributed by atoms with E-state index in [1.165, 1.54) is 92.6 Å². The van der Waals surface area contributed by atoms with E-state index in [0.717, 1.165) is 106 Å². The van der Waals surface area contributed by atoms with Gasteiger partial charge in [-0.3, -0.25) is 4.57 Å². The average molecular weight is 1210 g/mol. The monoisotopic (exact) mass is 1210 g/mol. The zero-order valence-electron chi connectivity index (χ0n) is 55.8. The first-order valence-corrected chi connectivity index (χ1v) is 33.7. The van der Waals surface area contributed by atoms with E-state index in [4.69, 9.17) is 24.0 Å². The fraction of sp³-hybridized carbons (Fsp3) is 0.500. The second kappa shape index (κ2) is 49.6. The molecular weight excluding hydrogens is 1090 g/mol. The molecule has 1 heterocycles. The topological polar surface area (TPSA) is 116 Å². The van der Waals surface area contributed by atoms with Crippen LogP contribution in [0.2, 0.25) is 0 Å². The first kappa shape index (κ1) is 83.7. The predicted octanol–water partition coefficient (Wildman–Crippen LogP) is 20.0. The molecule has 0 saturated carbocycles. The number of benzene rings is 5. The Morgan fingerprint density at radius 3 is 1.74 bits per heavy atom. The van der Waals surface area contributed by atoms with Crippen molar-refractivity contribution >= 4 is 72.5 Å². The van der Waals surface area contributed by atoms with Crippen molar-refractivity contribution < 1.29 is 30.0 Å². The number of piperazine rings is 1. The summed E-state index contributed by atoms with van der Waals surface area (Å²) in [4.78, 5) is 31.2. The summed E-state index contributed by atoms with van der Waals surface area (Å²) < 4.78 is 18.4. The highest BCUT2D eigenvalue weighted by Gasteiger charge is 2.22. The average Bonchev–Trinajstić information content (AvgIpc) is 1.85. The SMILES string of the molecule is C.C=O.C=O.CC.CC=O.CCC(C)C.CCCO[P@@](C)(=O)c1ccc(N[C@H](CCC)CSc2ccccc2)c(C)c1.CCc1ccc(/C(C)=C(/C(C)=C(/C)CCCC(C)C)c2cc(C)cc(N3CCN(c4ccc(C)cc4)CC3)c2)cc1.CO.[HH]. The van der Waals surface area contributed by atoms with Gasteiger partial charge in [0.25, 0.3) is 0 Å². The fourth-order valence-corrected chi connectivity index (χ4v) is 11.4. The van der Waals surface area contributed by atoms with Crippen LogP contribution >= 0.6 is 19.1 Å². The summed E-state index contributed by atoms with van der Waals surface area (Å²) in [6.07, 6.45) is 9.95. The maximum atomic E-state index is 12.8. The van der Waals surface area contributed by atoms with Gasteiger partial charge < -0.3 is 39.1 Å². The van der Waals surface area contributed by atoms with E-state index in [1.54, 1.807) is 6.66 Å². The Kier molecular flexibility index (Phi) is 48.8. The number of anilines is 3. The third-order valence-corrected chi connectivity index (χ3v) is 17.2. The van der Waals surface area contributed by atoms with Crippen LogP contribution in [0, 0.1) is 32.6 Å². The van der Waals surface area contributed by atoms with E-state index in [2.05, 4.69) is 196 Å². The van der Waals surface area contributed by atoms with Crippen LogP contribution in [0.5, 0.6) is 0 Å². The number of hydrogen-bond donors (Lipinski definition) is 2. The molecule has 0 spiro atoms. The Balaban J connectivity index is -0.000000645. The van der Waals surface area contributed by atoms with Gasteiger partial charge in [-0.15, -0.1) is 11.8 Å². The van der Waals surface area contributed by atoms with Crippen LogP contribution in [0.4, 0.5) is 17.1 Å². The Morgan fingerprint density at radius 2 is 1.26 bits per heavy atom. The van der Waals surface area contributed by atoms with Crippen LogP contribution in [0.15, 0.2) is 131 Å². The molecule has 2 N–H and O–H groups in total. The van der Waals surface area contributed by atoms with Gasteiger partial charge in [0.05, 0.1) is 6.61 Å². The molecule has 1 aliphatic rings. The van der Waals surface area contributed by atoms with E-state index in [-0.39, 0.29) is 8.85 Å². The third-order valence-electron chi connectivity index (χ3n) is 14.1. The van der Waals surface area contributed by atoms with Crippen LogP contribution in [0.25, 0.3) is 11.1 Å². The van der Waals surface area contributed by atoms with Crippen molar-refractivity contribution in [3.8, 4) is 0 Å². The maximum Gasteiger partial charge on any atom is 0.229 e. The summed E-state index contributed by atoms with van der Waals surface area (Å²) in [6.45, 7) is 47.1. The summed E-state index contributed by atoms with van der Waals surface area (Å²) >= 11 is 1.88. The zero-order valence-corrected chi connectivity index (χ0v) is 57.5. The number of hydrogen-bond acceptors (Lipinski definition) is 10. The molecule has 2 atom stereocenters. The number of thioether (sulfide) groups is 1. The number of rotatable bonds is 22. The van der Waals surface area contributed by atoms with E-state index < -0.39 is 7.37 Å². The summed E-state index contributed by atoms with van der Waals surface area (Å²) in [5, 5.41) is 11.5. The zero-order chi connectivity index (χ0) is 64.2. The number of allylic oxidation sites excluding steroid dienone is 4. The lowest BCUT2D eigenvalue weighted by Gasteiger charge is -2.38. The molecular formula is C74H120N3O6PS. The second-order valence-electron chi connectivity index (χ2n) is 21.6. The number of aliphatic hydroxyl groups is 1. The van der Waals surface area contributed by atoms with E-state index in [1.807, 2.05) is 70.4 Å². The Labute approximate surface area is 526 Å². The molecule has 11 heteroatoms. The van der Waals surface area contributed by atoms with Crippen molar-refractivity contribution in [2.24, 2.45) is 11.8 Å². The fourth-order valence-electron chi connectivity index (χ4n) is 8.98. The van der Waals surface area contributed by atoms with Crippen molar-refractivity contribution in [1.82, 2.24) is 0 Å². The molecule has 1 fully saturated rings. The molecule has 6 rings (SSSR count). The summed E-state index contributed by atoms with van der Waals surface area (Å²) in [5.41, 5.74) is 17.3. The Hall–Kier alpha value is -5.51. The van der Waals surface area contributed by atoms with E-state index in [9.17, 15) is 4.57 Å². The molecule has 0 amide bonds. The molecule has 1 aliphatic heterocycles. The van der Waals surface area contributed by atoms with Crippen molar-refractivity contribution in [3.63, 3.8) is 0 Å². The van der Waals surface area contributed by atoms with Crippen LogP contribution in [-0.4, -0.2) is 83.3 Å². The summed E-state index contributed by atoms with van der Waals surface area (Å²) in [5.74, 6) is 2.66. The van der Waals surface area contributed by atoms with Crippen molar-refractivity contribution in [2.45, 2.75) is 187 Å². The molecule has 5 aromatic carbocycles. The number of nitrogens with one attached hydrogen (secondary N) is 1. The predicted molar refractivity (Wildman–Crippen MR) is 382 cm³/mol. The van der Waals surface area contributed by atoms with Crippen LogP contribution in [0.1, 0.15) is 184 Å². The van der Waals surface area contributed by atoms with Gasteiger partial charge in [-0.2, -0.15) is 0 Å². The van der Waals surface area contributed by atoms with Gasteiger partial charge in [0.1, 0.15) is 19.9 Å². The largest absolute Gasteiger partial charge is 0.400 e. The molecule has 478 valence electrons. The van der Waals surface area contributed by atoms with Crippen molar-refractivity contribution in [1.29, 1.82) is 0 Å². The first-order chi connectivity index (χ1) is 40.3. The Bertz CT molecular complexity index is 2610. The van der Waals surface area contributed by atoms with Crippen LogP contribution in [0.3, 0.4) is 0 Å². The normalized spacial score (nSPS) is 12.9. The van der Waals surface area contributed by atoms with Gasteiger partial charge in [0.15, 0.2) is 0 Å². The highest BCUT2D eigenvalue weighted by atomic mass is 32.2. The lowest BCUT2D eigenvalue weighted by Crippen LogP contribution is -2.46. The Morgan fingerprint density at radius 1 is 0.718 bits per heavy atom. The highest BCUT2D eigenvalue weighted by molar-refractivity contribution is 7.99. The maximum absolute atomic E-state index is 12.8. The van der Waals surface area contributed by atoms with Gasteiger partial charge in [0, 0.05) is 80.4 Å². The number of nitrogens with zero attached hydrogens (tertiary/aromatic N) is 2. The van der Waals surface area contributed by atoms with E-state index in [0.29, 0.717) is 12.6 Å². The molecule has 9 nitrogen and oxygen atoms in total.